The van der Waals surface area contributed by atoms with Crippen LogP contribution < -0.4 is 33.8 Å². The van der Waals surface area contributed by atoms with Gasteiger partial charge >= 0.3 is 5.97 Å². The third kappa shape index (κ3) is 6.61. The van der Waals surface area contributed by atoms with E-state index in [1.54, 1.807) is 55.7 Å². The molecule has 0 N–H and O–H groups in total. The molecule has 230 valence electrons. The van der Waals surface area contributed by atoms with E-state index in [0.29, 0.717) is 68.8 Å². The molecule has 3 aromatic carbocycles. The Morgan fingerprint density at radius 3 is 2.36 bits per heavy atom. The lowest BCUT2D eigenvalue weighted by Crippen LogP contribution is -2.39. The highest BCUT2D eigenvalue weighted by molar-refractivity contribution is 7.07. The molecule has 0 spiro atoms. The van der Waals surface area contributed by atoms with Gasteiger partial charge in [0.25, 0.3) is 5.56 Å². The highest BCUT2D eigenvalue weighted by Gasteiger charge is 2.31. The monoisotopic (exact) mass is 625 g/mol. The number of carbonyl (C=O) groups excluding carboxylic acids is 1. The number of rotatable bonds is 11. The predicted molar refractivity (Wildman–Crippen MR) is 168 cm³/mol. The maximum Gasteiger partial charge on any atom is 0.337 e. The number of nitriles is 1. The van der Waals surface area contributed by atoms with Crippen LogP contribution in [0.5, 0.6) is 23.0 Å². The van der Waals surface area contributed by atoms with Gasteiger partial charge in [-0.2, -0.15) is 5.26 Å². The Kier molecular flexibility index (Phi) is 9.65. The van der Waals surface area contributed by atoms with Crippen molar-refractivity contribution in [3.8, 4) is 29.1 Å². The van der Waals surface area contributed by atoms with E-state index in [2.05, 4.69) is 11.1 Å². The molecule has 0 aliphatic carbocycles. The van der Waals surface area contributed by atoms with Crippen molar-refractivity contribution in [1.82, 2.24) is 4.57 Å². The highest BCUT2D eigenvalue weighted by atomic mass is 32.1. The van der Waals surface area contributed by atoms with Crippen LogP contribution >= 0.6 is 11.3 Å². The first-order valence-electron chi connectivity index (χ1n) is 14.2. The van der Waals surface area contributed by atoms with Gasteiger partial charge in [0.15, 0.2) is 27.8 Å². The van der Waals surface area contributed by atoms with Gasteiger partial charge in [-0.25, -0.2) is 9.79 Å². The van der Waals surface area contributed by atoms with Crippen molar-refractivity contribution in [2.75, 3.05) is 27.4 Å². The van der Waals surface area contributed by atoms with Crippen molar-refractivity contribution in [3.05, 3.63) is 114 Å². The number of aromatic nitrogens is 1. The van der Waals surface area contributed by atoms with Crippen LogP contribution in [-0.2, 0) is 16.1 Å². The summed E-state index contributed by atoms with van der Waals surface area (Å²) in [6.45, 7) is 4.91. The zero-order chi connectivity index (χ0) is 31.9. The molecule has 0 saturated carbocycles. The molecule has 1 atom stereocenters. The third-order valence-electron chi connectivity index (χ3n) is 6.97. The second-order valence-corrected chi connectivity index (χ2v) is 10.8. The minimum Gasteiger partial charge on any atom is -0.493 e. The minimum absolute atomic E-state index is 0.216. The Hall–Kier alpha value is -5.34. The number of esters is 1. The number of fused-ring (bicyclic) bond motifs is 1. The largest absolute Gasteiger partial charge is 0.493 e. The number of thiazole rings is 1. The molecule has 0 bridgehead atoms. The van der Waals surface area contributed by atoms with Crippen LogP contribution in [0.3, 0.4) is 0 Å². The van der Waals surface area contributed by atoms with E-state index < -0.39 is 12.0 Å². The van der Waals surface area contributed by atoms with E-state index >= 15 is 0 Å². The Balaban J connectivity index is 1.51. The van der Waals surface area contributed by atoms with Crippen molar-refractivity contribution in [1.29, 1.82) is 5.26 Å². The second-order valence-electron chi connectivity index (χ2n) is 9.76. The normalized spacial score (nSPS) is 14.0. The molecular weight excluding hydrogens is 594 g/mol. The van der Waals surface area contributed by atoms with Crippen LogP contribution in [0.4, 0.5) is 0 Å². The average molecular weight is 626 g/mol. The maximum atomic E-state index is 13.9. The molecule has 5 rings (SSSR count). The smallest absolute Gasteiger partial charge is 0.337 e. The number of nitrogens with zero attached hydrogens (tertiary/aromatic N) is 3. The van der Waals surface area contributed by atoms with Crippen LogP contribution in [-0.4, -0.2) is 38.0 Å². The summed E-state index contributed by atoms with van der Waals surface area (Å²) in [6.07, 6.45) is 3.20. The van der Waals surface area contributed by atoms with E-state index in [-0.39, 0.29) is 11.1 Å². The van der Waals surface area contributed by atoms with Crippen molar-refractivity contribution < 1.29 is 28.5 Å². The van der Waals surface area contributed by atoms with Gasteiger partial charge in [0.1, 0.15) is 6.61 Å². The van der Waals surface area contributed by atoms with Crippen molar-refractivity contribution >= 4 is 23.4 Å². The Morgan fingerprint density at radius 2 is 1.67 bits per heavy atom. The van der Waals surface area contributed by atoms with E-state index in [4.69, 9.17) is 28.9 Å². The van der Waals surface area contributed by atoms with Gasteiger partial charge in [-0.1, -0.05) is 35.6 Å². The zero-order valence-electron chi connectivity index (χ0n) is 25.2. The Labute approximate surface area is 263 Å². The minimum atomic E-state index is -0.793. The maximum absolute atomic E-state index is 13.9. The molecule has 0 fully saturated rings. The van der Waals surface area contributed by atoms with Crippen LogP contribution in [0.25, 0.3) is 6.08 Å². The first-order valence-corrected chi connectivity index (χ1v) is 15.0. The van der Waals surface area contributed by atoms with Crippen LogP contribution in [0.1, 0.15) is 42.1 Å². The van der Waals surface area contributed by atoms with Crippen molar-refractivity contribution in [2.24, 2.45) is 4.99 Å². The Bertz CT molecular complexity index is 1970. The lowest BCUT2D eigenvalue weighted by molar-refractivity contribution is -0.136. The third-order valence-corrected chi connectivity index (χ3v) is 7.97. The van der Waals surface area contributed by atoms with E-state index in [0.717, 1.165) is 5.56 Å². The quantitative estimate of drug-likeness (QED) is 0.227. The van der Waals surface area contributed by atoms with Crippen molar-refractivity contribution in [3.63, 3.8) is 0 Å². The van der Waals surface area contributed by atoms with Gasteiger partial charge in [0.2, 0.25) is 0 Å². The lowest BCUT2D eigenvalue weighted by Gasteiger charge is -2.23. The molecule has 45 heavy (non-hydrogen) atoms. The second kappa shape index (κ2) is 14.0. The van der Waals surface area contributed by atoms with Crippen LogP contribution in [0.2, 0.25) is 0 Å². The van der Waals surface area contributed by atoms with Gasteiger partial charge in [-0.3, -0.25) is 9.36 Å². The average Bonchev–Trinajstić information content (AvgIpc) is 3.38. The standard InChI is InChI=1S/C34H31N3O7S/c1-5-42-27-14-12-24(17-29(27)43-6-2)31-25(33(39)41-4)19-36-34-37(31)32(38)30(45-34)16-23-11-13-26(28(15-23)40-3)44-20-22-9-7-21(18-35)8-10-22/h7-17,19,31H,5-6,20H2,1-4H3/b30-16+/t31-/m0/s1. The molecule has 10 nitrogen and oxygen atoms in total. The zero-order valence-corrected chi connectivity index (χ0v) is 26.1. The predicted octanol–water partition coefficient (Wildman–Crippen LogP) is 4.27. The van der Waals surface area contributed by atoms with Crippen LogP contribution in [0, 0.1) is 11.3 Å². The topological polar surface area (TPSA) is 121 Å². The van der Waals surface area contributed by atoms with E-state index in [1.807, 2.05) is 32.0 Å². The summed E-state index contributed by atoms with van der Waals surface area (Å²) in [5.74, 6) is 1.51. The summed E-state index contributed by atoms with van der Waals surface area (Å²) in [4.78, 5) is 31.7. The number of ether oxygens (including phenoxy) is 5. The number of hydrogen-bond acceptors (Lipinski definition) is 10. The fraction of sp³-hybridized carbons (Fsp3) is 0.235. The van der Waals surface area contributed by atoms with Gasteiger partial charge < -0.3 is 23.7 Å². The number of hydrogen-bond donors (Lipinski definition) is 0. The van der Waals surface area contributed by atoms with Gasteiger partial charge in [0, 0.05) is 6.20 Å². The molecule has 1 aliphatic rings. The first-order chi connectivity index (χ1) is 21.9. The lowest BCUT2D eigenvalue weighted by atomic mass is 9.97. The fourth-order valence-electron chi connectivity index (χ4n) is 4.87. The van der Waals surface area contributed by atoms with Gasteiger partial charge in [0.05, 0.1) is 55.2 Å². The summed E-state index contributed by atoms with van der Waals surface area (Å²) in [7, 11) is 2.84. The molecule has 0 saturated heterocycles. The van der Waals surface area contributed by atoms with Gasteiger partial charge in [-0.15, -0.1) is 0 Å². The number of benzene rings is 3. The summed E-state index contributed by atoms with van der Waals surface area (Å²) in [5.41, 5.74) is 2.74. The molecule has 0 unspecified atom stereocenters. The summed E-state index contributed by atoms with van der Waals surface area (Å²) in [5, 5.41) is 9.01. The molecule has 11 heteroatoms. The SMILES string of the molecule is CCOc1ccc([C@H]2C(C(=O)OC)=CN=c3s/c(=C/c4ccc(OCc5ccc(C#N)cc5)c(OC)c4)c(=O)n32)cc1OCC. The molecule has 0 radical (unpaired) electrons. The first kappa shape index (κ1) is 31.1. The number of carbonyl (C=O) groups is 1. The van der Waals surface area contributed by atoms with Gasteiger partial charge in [-0.05, 0) is 73.0 Å². The van der Waals surface area contributed by atoms with Crippen LogP contribution in [0.15, 0.2) is 82.2 Å². The van der Waals surface area contributed by atoms with E-state index in [9.17, 15) is 9.59 Å². The fourth-order valence-corrected chi connectivity index (χ4v) is 5.84. The molecule has 1 aliphatic heterocycles. The number of methoxy groups -OCH3 is 2. The van der Waals surface area contributed by atoms with Crippen molar-refractivity contribution in [2.45, 2.75) is 26.5 Å². The molecule has 0 amide bonds. The molecule has 1 aromatic heterocycles. The molecule has 4 aromatic rings. The summed E-state index contributed by atoms with van der Waals surface area (Å²) in [6, 6.07) is 19.2. The molecular formula is C34H31N3O7S. The summed E-state index contributed by atoms with van der Waals surface area (Å²) >= 11 is 1.21. The summed E-state index contributed by atoms with van der Waals surface area (Å²) < 4.78 is 30.1. The molecule has 2 heterocycles. The van der Waals surface area contributed by atoms with E-state index in [1.165, 1.54) is 29.2 Å². The Morgan fingerprint density at radius 1 is 0.956 bits per heavy atom. The highest BCUT2D eigenvalue weighted by Crippen LogP contribution is 2.35.